The Morgan fingerprint density at radius 1 is 1.00 bits per heavy atom. The van der Waals surface area contributed by atoms with Crippen molar-refractivity contribution >= 4 is 29.9 Å². The number of nitrogens with one attached hydrogen (secondary N) is 2. The average molecular weight is 535 g/mol. The van der Waals surface area contributed by atoms with E-state index in [-0.39, 0.29) is 36.1 Å². The summed E-state index contributed by atoms with van der Waals surface area (Å²) in [6.45, 7) is 5.32. The fraction of sp³-hybridized carbons (Fsp3) is 0.381. The monoisotopic (exact) mass is 535 g/mol. The van der Waals surface area contributed by atoms with E-state index in [0.29, 0.717) is 42.9 Å². The molecule has 30 heavy (non-hydrogen) atoms. The minimum Gasteiger partial charge on any atom is -0.493 e. The molecule has 0 saturated carbocycles. The van der Waals surface area contributed by atoms with Gasteiger partial charge in [-0.15, -0.1) is 24.0 Å². The second-order valence-corrected chi connectivity index (χ2v) is 6.05. The van der Waals surface area contributed by atoms with Crippen molar-refractivity contribution in [1.29, 1.82) is 0 Å². The van der Waals surface area contributed by atoms with Gasteiger partial charge in [-0.25, -0.2) is 13.8 Å². The van der Waals surface area contributed by atoms with Crippen molar-refractivity contribution in [3.8, 4) is 17.2 Å². The standard InChI is InChI=1S/C21H27F2N3O3.HI/c1-5-24-21(26-13-15-11-16(22)7-8-17(15)23)25-12-14-9-18(27-3)20(29-6-2)19(10-14)28-4;/h7-11H,5-6,12-13H2,1-4H3,(H2,24,25,26);1H. The van der Waals surface area contributed by atoms with Crippen molar-refractivity contribution in [1.82, 2.24) is 10.6 Å². The molecule has 0 aliphatic carbocycles. The summed E-state index contributed by atoms with van der Waals surface area (Å²) in [5.74, 6) is 1.15. The first-order chi connectivity index (χ1) is 14.0. The molecule has 0 saturated heterocycles. The Kier molecular flexibility index (Phi) is 11.2. The van der Waals surface area contributed by atoms with E-state index in [4.69, 9.17) is 14.2 Å². The van der Waals surface area contributed by atoms with Crippen LogP contribution in [-0.4, -0.2) is 33.3 Å². The number of guanidine groups is 1. The maximum atomic E-state index is 13.8. The number of ether oxygens (including phenoxy) is 3. The van der Waals surface area contributed by atoms with Crippen LogP contribution in [0.25, 0.3) is 0 Å². The normalized spacial score (nSPS) is 10.8. The lowest BCUT2D eigenvalue weighted by Gasteiger charge is -2.15. The van der Waals surface area contributed by atoms with Crippen LogP contribution < -0.4 is 24.8 Å². The third-order valence-corrected chi connectivity index (χ3v) is 4.03. The molecule has 0 aliphatic heterocycles. The molecule has 2 aromatic carbocycles. The Bertz CT molecular complexity index is 825. The maximum Gasteiger partial charge on any atom is 0.203 e. The molecule has 2 aromatic rings. The molecule has 0 fully saturated rings. The van der Waals surface area contributed by atoms with Gasteiger partial charge in [-0.1, -0.05) is 0 Å². The third-order valence-electron chi connectivity index (χ3n) is 4.03. The van der Waals surface area contributed by atoms with E-state index in [9.17, 15) is 8.78 Å². The summed E-state index contributed by atoms with van der Waals surface area (Å²) >= 11 is 0. The van der Waals surface area contributed by atoms with Crippen LogP contribution >= 0.6 is 24.0 Å². The molecule has 0 aromatic heterocycles. The van der Waals surface area contributed by atoms with Crippen molar-refractivity contribution in [2.45, 2.75) is 26.9 Å². The van der Waals surface area contributed by atoms with Crippen LogP contribution in [0.5, 0.6) is 17.2 Å². The first kappa shape index (κ1) is 25.7. The Hall–Kier alpha value is -2.30. The minimum atomic E-state index is -0.487. The number of aliphatic imine (C=N–C) groups is 1. The highest BCUT2D eigenvalue weighted by Crippen LogP contribution is 2.38. The zero-order chi connectivity index (χ0) is 21.2. The molecule has 0 spiro atoms. The Balaban J connectivity index is 0.00000450. The number of methoxy groups -OCH3 is 2. The van der Waals surface area contributed by atoms with E-state index in [1.54, 1.807) is 14.2 Å². The summed E-state index contributed by atoms with van der Waals surface area (Å²) < 4.78 is 43.6. The predicted molar refractivity (Wildman–Crippen MR) is 124 cm³/mol. The SMILES string of the molecule is CCNC(=NCc1cc(OC)c(OCC)c(OC)c1)NCc1cc(F)ccc1F.I. The summed E-state index contributed by atoms with van der Waals surface area (Å²) in [5.41, 5.74) is 1.07. The van der Waals surface area contributed by atoms with E-state index in [1.807, 2.05) is 26.0 Å². The molecule has 9 heteroatoms. The molecule has 0 bridgehead atoms. The van der Waals surface area contributed by atoms with Gasteiger partial charge in [-0.2, -0.15) is 0 Å². The van der Waals surface area contributed by atoms with Crippen LogP contribution in [0.15, 0.2) is 35.3 Å². The first-order valence-electron chi connectivity index (χ1n) is 9.36. The summed E-state index contributed by atoms with van der Waals surface area (Å²) in [6.07, 6.45) is 0. The predicted octanol–water partition coefficient (Wildman–Crippen LogP) is 4.25. The van der Waals surface area contributed by atoms with Crippen molar-refractivity contribution in [2.24, 2.45) is 4.99 Å². The van der Waals surface area contributed by atoms with Gasteiger partial charge >= 0.3 is 0 Å². The van der Waals surface area contributed by atoms with Crippen LogP contribution in [0.2, 0.25) is 0 Å². The molecule has 0 amide bonds. The second-order valence-electron chi connectivity index (χ2n) is 6.05. The molecule has 2 rings (SSSR count). The summed E-state index contributed by atoms with van der Waals surface area (Å²) in [6, 6.07) is 7.01. The van der Waals surface area contributed by atoms with E-state index in [0.717, 1.165) is 23.8 Å². The lowest BCUT2D eigenvalue weighted by Crippen LogP contribution is -2.37. The maximum absolute atomic E-state index is 13.8. The topological polar surface area (TPSA) is 64.1 Å². The number of benzene rings is 2. The zero-order valence-corrected chi connectivity index (χ0v) is 19.9. The molecule has 0 heterocycles. The van der Waals surface area contributed by atoms with E-state index in [1.165, 1.54) is 0 Å². The molecule has 0 atom stereocenters. The minimum absolute atomic E-state index is 0. The van der Waals surface area contributed by atoms with Gasteiger partial charge in [0.15, 0.2) is 17.5 Å². The fourth-order valence-electron chi connectivity index (χ4n) is 2.68. The van der Waals surface area contributed by atoms with Gasteiger partial charge in [0.25, 0.3) is 0 Å². The molecule has 2 N–H and O–H groups in total. The first-order valence-corrected chi connectivity index (χ1v) is 9.36. The molecular formula is C21H28F2IN3O3. The lowest BCUT2D eigenvalue weighted by atomic mass is 10.2. The quantitative estimate of drug-likeness (QED) is 0.286. The smallest absolute Gasteiger partial charge is 0.203 e. The number of nitrogens with zero attached hydrogens (tertiary/aromatic N) is 1. The summed E-state index contributed by atoms with van der Waals surface area (Å²) in [5, 5.41) is 6.09. The zero-order valence-electron chi connectivity index (χ0n) is 17.6. The number of hydrogen-bond donors (Lipinski definition) is 2. The summed E-state index contributed by atoms with van der Waals surface area (Å²) in [7, 11) is 3.12. The van der Waals surface area contributed by atoms with Crippen molar-refractivity contribution in [2.75, 3.05) is 27.4 Å². The van der Waals surface area contributed by atoms with Gasteiger partial charge in [-0.3, -0.25) is 0 Å². The highest BCUT2D eigenvalue weighted by Gasteiger charge is 2.14. The van der Waals surface area contributed by atoms with Gasteiger partial charge in [0.1, 0.15) is 11.6 Å². The Labute approximate surface area is 193 Å². The van der Waals surface area contributed by atoms with Gasteiger partial charge in [-0.05, 0) is 49.7 Å². The van der Waals surface area contributed by atoms with Crippen LogP contribution in [0.1, 0.15) is 25.0 Å². The van der Waals surface area contributed by atoms with Crippen LogP contribution in [-0.2, 0) is 13.1 Å². The molecular weight excluding hydrogens is 507 g/mol. The second kappa shape index (κ2) is 13.1. The van der Waals surface area contributed by atoms with Crippen LogP contribution in [0, 0.1) is 11.6 Å². The Morgan fingerprint density at radius 3 is 2.23 bits per heavy atom. The van der Waals surface area contributed by atoms with Gasteiger partial charge in [0.2, 0.25) is 5.75 Å². The van der Waals surface area contributed by atoms with Gasteiger partial charge in [0.05, 0.1) is 27.4 Å². The molecule has 6 nitrogen and oxygen atoms in total. The molecule has 0 aliphatic rings. The molecule has 0 unspecified atom stereocenters. The lowest BCUT2D eigenvalue weighted by molar-refractivity contribution is 0.288. The van der Waals surface area contributed by atoms with Crippen LogP contribution in [0.3, 0.4) is 0 Å². The van der Waals surface area contributed by atoms with Crippen molar-refractivity contribution in [3.05, 3.63) is 53.1 Å². The number of halogens is 3. The van der Waals surface area contributed by atoms with Gasteiger partial charge < -0.3 is 24.8 Å². The molecule has 166 valence electrons. The van der Waals surface area contributed by atoms with E-state index >= 15 is 0 Å². The highest BCUT2D eigenvalue weighted by atomic mass is 127. The van der Waals surface area contributed by atoms with Crippen LogP contribution in [0.4, 0.5) is 8.78 Å². The van der Waals surface area contributed by atoms with Crippen molar-refractivity contribution < 1.29 is 23.0 Å². The Morgan fingerprint density at radius 2 is 1.67 bits per heavy atom. The fourth-order valence-corrected chi connectivity index (χ4v) is 2.68. The van der Waals surface area contributed by atoms with E-state index in [2.05, 4.69) is 15.6 Å². The average Bonchev–Trinajstić information content (AvgIpc) is 2.72. The number of rotatable bonds is 9. The largest absolute Gasteiger partial charge is 0.493 e. The van der Waals surface area contributed by atoms with Gasteiger partial charge in [0, 0.05) is 18.7 Å². The molecule has 0 radical (unpaired) electrons. The van der Waals surface area contributed by atoms with Crippen molar-refractivity contribution in [3.63, 3.8) is 0 Å². The number of hydrogen-bond acceptors (Lipinski definition) is 4. The van der Waals surface area contributed by atoms with E-state index < -0.39 is 11.6 Å². The summed E-state index contributed by atoms with van der Waals surface area (Å²) in [4.78, 5) is 4.50. The highest BCUT2D eigenvalue weighted by molar-refractivity contribution is 14.0. The third kappa shape index (κ3) is 7.19.